The van der Waals surface area contributed by atoms with E-state index < -0.39 is 0 Å². The molecule has 1 nitrogen and oxygen atoms in total. The topological polar surface area (TPSA) is 3.24 Å². The molecule has 1 heterocycles. The summed E-state index contributed by atoms with van der Waals surface area (Å²) < 4.78 is 0. The zero-order valence-electron chi connectivity index (χ0n) is 7.80. The lowest BCUT2D eigenvalue weighted by atomic mass is 10.1. The van der Waals surface area contributed by atoms with Gasteiger partial charge in [0.25, 0.3) is 0 Å². The number of hydrogen-bond acceptors (Lipinski definition) is 1. The second kappa shape index (κ2) is 2.81. The number of anilines is 1. The summed E-state index contributed by atoms with van der Waals surface area (Å²) in [7, 11) is 2.19. The van der Waals surface area contributed by atoms with Crippen LogP contribution in [0.4, 0.5) is 5.69 Å². The molecular formula is C11H15N. The fraction of sp³-hybridized carbons (Fsp3) is 0.455. The van der Waals surface area contributed by atoms with E-state index in [-0.39, 0.29) is 0 Å². The summed E-state index contributed by atoms with van der Waals surface area (Å²) in [6, 6.07) is 6.66. The minimum Gasteiger partial charge on any atom is -0.374 e. The Morgan fingerprint density at radius 2 is 2.25 bits per heavy atom. The maximum Gasteiger partial charge on any atom is 0.0429 e. The Labute approximate surface area is 74.0 Å². The first-order valence-corrected chi connectivity index (χ1v) is 4.65. The maximum atomic E-state index is 2.37. The quantitative estimate of drug-likeness (QED) is 0.610. The van der Waals surface area contributed by atoms with Gasteiger partial charge in [0, 0.05) is 19.3 Å². The smallest absolute Gasteiger partial charge is 0.0429 e. The fourth-order valence-electron chi connectivity index (χ4n) is 2.02. The Balaban J connectivity index is 2.53. The van der Waals surface area contributed by atoms with Crippen LogP contribution >= 0.6 is 0 Å². The molecule has 1 aliphatic rings. The molecule has 0 spiro atoms. The largest absolute Gasteiger partial charge is 0.374 e. The van der Waals surface area contributed by atoms with Gasteiger partial charge in [-0.05, 0) is 24.0 Å². The summed E-state index contributed by atoms with van der Waals surface area (Å²) >= 11 is 0. The molecular weight excluding hydrogens is 146 g/mol. The van der Waals surface area contributed by atoms with Gasteiger partial charge in [0.1, 0.15) is 0 Å². The number of fused-ring (bicyclic) bond motifs is 1. The Hall–Kier alpha value is -0.980. The molecule has 1 heteroatoms. The van der Waals surface area contributed by atoms with Crippen molar-refractivity contribution < 1.29 is 0 Å². The second-order valence-electron chi connectivity index (χ2n) is 3.45. The maximum absolute atomic E-state index is 2.37. The Morgan fingerprint density at radius 1 is 1.42 bits per heavy atom. The third-order valence-electron chi connectivity index (χ3n) is 2.68. The third-order valence-corrected chi connectivity index (χ3v) is 2.68. The van der Waals surface area contributed by atoms with E-state index in [1.54, 1.807) is 0 Å². The second-order valence-corrected chi connectivity index (χ2v) is 3.45. The highest BCUT2D eigenvalue weighted by atomic mass is 15.1. The molecule has 0 saturated heterocycles. The highest BCUT2D eigenvalue weighted by Gasteiger charge is 2.17. The molecule has 1 aromatic rings. The van der Waals surface area contributed by atoms with Crippen molar-refractivity contribution >= 4 is 5.69 Å². The van der Waals surface area contributed by atoms with Crippen LogP contribution in [-0.4, -0.2) is 13.6 Å². The molecule has 1 aromatic carbocycles. The van der Waals surface area contributed by atoms with E-state index in [2.05, 4.69) is 37.1 Å². The molecule has 0 atom stereocenters. The van der Waals surface area contributed by atoms with E-state index >= 15 is 0 Å². The van der Waals surface area contributed by atoms with E-state index in [0.717, 1.165) is 6.42 Å². The molecule has 0 fully saturated rings. The third kappa shape index (κ3) is 1.01. The van der Waals surface area contributed by atoms with Crippen LogP contribution in [0.5, 0.6) is 0 Å². The zero-order valence-corrected chi connectivity index (χ0v) is 7.80. The van der Waals surface area contributed by atoms with Crippen molar-refractivity contribution in [3.05, 3.63) is 29.3 Å². The first-order chi connectivity index (χ1) is 5.83. The van der Waals surface area contributed by atoms with Crippen LogP contribution in [0, 0.1) is 0 Å². The Kier molecular flexibility index (Phi) is 1.80. The van der Waals surface area contributed by atoms with Crippen LogP contribution < -0.4 is 4.90 Å². The van der Waals surface area contributed by atoms with Crippen molar-refractivity contribution in [1.82, 2.24) is 0 Å². The van der Waals surface area contributed by atoms with Crippen molar-refractivity contribution in [1.29, 1.82) is 0 Å². The van der Waals surface area contributed by atoms with Gasteiger partial charge in [-0.2, -0.15) is 0 Å². The number of likely N-dealkylation sites (N-methyl/N-ethyl adjacent to an activating group) is 1. The first kappa shape index (κ1) is 7.66. The lowest BCUT2D eigenvalue weighted by molar-refractivity contribution is 0.949. The number of nitrogens with zero attached hydrogens (tertiary/aromatic N) is 1. The first-order valence-electron chi connectivity index (χ1n) is 4.65. The standard InChI is InChI=1S/C11H15N/c1-3-9-5-4-6-10-7-8-12(2)11(9)10/h4-6H,3,7-8H2,1-2H3. The number of benzene rings is 1. The van der Waals surface area contributed by atoms with Crippen LogP contribution in [0.25, 0.3) is 0 Å². The molecule has 64 valence electrons. The van der Waals surface area contributed by atoms with E-state index in [1.165, 1.54) is 29.8 Å². The molecule has 0 radical (unpaired) electrons. The molecule has 0 aromatic heterocycles. The minimum absolute atomic E-state index is 1.15. The van der Waals surface area contributed by atoms with Crippen molar-refractivity contribution in [2.45, 2.75) is 19.8 Å². The number of hydrogen-bond donors (Lipinski definition) is 0. The van der Waals surface area contributed by atoms with Crippen LogP contribution in [0.1, 0.15) is 18.1 Å². The predicted octanol–water partition coefficient (Wildman–Crippen LogP) is 2.24. The molecule has 2 rings (SSSR count). The number of rotatable bonds is 1. The van der Waals surface area contributed by atoms with Gasteiger partial charge in [-0.3, -0.25) is 0 Å². The van der Waals surface area contributed by atoms with Gasteiger partial charge >= 0.3 is 0 Å². The van der Waals surface area contributed by atoms with E-state index in [1.807, 2.05) is 0 Å². The van der Waals surface area contributed by atoms with Gasteiger partial charge in [-0.15, -0.1) is 0 Å². The van der Waals surface area contributed by atoms with Crippen molar-refractivity contribution in [2.24, 2.45) is 0 Å². The lowest BCUT2D eigenvalue weighted by Gasteiger charge is -2.15. The highest BCUT2D eigenvalue weighted by Crippen LogP contribution is 2.30. The number of aryl methyl sites for hydroxylation is 1. The Bertz CT molecular complexity index is 291. The normalized spacial score (nSPS) is 15.0. The van der Waals surface area contributed by atoms with Gasteiger partial charge in [0.2, 0.25) is 0 Å². The molecule has 0 N–H and O–H groups in total. The SMILES string of the molecule is CCc1cccc2c1N(C)CC2. The van der Waals surface area contributed by atoms with Crippen LogP contribution in [0.2, 0.25) is 0 Å². The summed E-state index contributed by atoms with van der Waals surface area (Å²) in [5.41, 5.74) is 4.50. The van der Waals surface area contributed by atoms with E-state index in [9.17, 15) is 0 Å². The summed E-state index contributed by atoms with van der Waals surface area (Å²) in [6.45, 7) is 3.41. The van der Waals surface area contributed by atoms with Crippen LogP contribution in [-0.2, 0) is 12.8 Å². The van der Waals surface area contributed by atoms with Crippen molar-refractivity contribution in [2.75, 3.05) is 18.5 Å². The van der Waals surface area contributed by atoms with Gasteiger partial charge in [-0.25, -0.2) is 0 Å². The predicted molar refractivity (Wildman–Crippen MR) is 52.8 cm³/mol. The summed E-state index contributed by atoms with van der Waals surface area (Å²) in [4.78, 5) is 2.37. The van der Waals surface area contributed by atoms with Gasteiger partial charge < -0.3 is 4.90 Å². The molecule has 0 saturated carbocycles. The average Bonchev–Trinajstić information content (AvgIpc) is 2.48. The fourth-order valence-corrected chi connectivity index (χ4v) is 2.02. The van der Waals surface area contributed by atoms with Gasteiger partial charge in [-0.1, -0.05) is 25.1 Å². The highest BCUT2D eigenvalue weighted by molar-refractivity contribution is 5.62. The van der Waals surface area contributed by atoms with Crippen molar-refractivity contribution in [3.8, 4) is 0 Å². The van der Waals surface area contributed by atoms with Crippen LogP contribution in [0.3, 0.4) is 0 Å². The molecule has 0 unspecified atom stereocenters. The lowest BCUT2D eigenvalue weighted by Crippen LogP contribution is -2.13. The summed E-state index contributed by atoms with van der Waals surface area (Å²) in [5.74, 6) is 0. The van der Waals surface area contributed by atoms with Gasteiger partial charge in [0.05, 0.1) is 0 Å². The molecule has 0 amide bonds. The zero-order chi connectivity index (χ0) is 8.55. The summed E-state index contributed by atoms with van der Waals surface area (Å²) in [5, 5.41) is 0. The molecule has 1 aliphatic heterocycles. The molecule has 0 bridgehead atoms. The minimum atomic E-state index is 1.15. The van der Waals surface area contributed by atoms with Crippen LogP contribution in [0.15, 0.2) is 18.2 Å². The molecule has 12 heavy (non-hydrogen) atoms. The van der Waals surface area contributed by atoms with Crippen molar-refractivity contribution in [3.63, 3.8) is 0 Å². The molecule has 0 aliphatic carbocycles. The summed E-state index contributed by atoms with van der Waals surface area (Å²) in [6.07, 6.45) is 2.37. The van der Waals surface area contributed by atoms with E-state index in [0.29, 0.717) is 0 Å². The average molecular weight is 161 g/mol. The van der Waals surface area contributed by atoms with Gasteiger partial charge in [0.15, 0.2) is 0 Å². The Morgan fingerprint density at radius 3 is 3.00 bits per heavy atom. The number of para-hydroxylation sites is 1. The van der Waals surface area contributed by atoms with E-state index in [4.69, 9.17) is 0 Å². The monoisotopic (exact) mass is 161 g/mol.